The van der Waals surface area contributed by atoms with Gasteiger partial charge in [0.1, 0.15) is 28.8 Å². The molecule has 1 aliphatic carbocycles. The van der Waals surface area contributed by atoms with Crippen molar-refractivity contribution in [2.24, 2.45) is 11.7 Å². The van der Waals surface area contributed by atoms with E-state index in [1.54, 1.807) is 28.1 Å². The van der Waals surface area contributed by atoms with Crippen molar-refractivity contribution >= 4 is 50.4 Å². The van der Waals surface area contributed by atoms with Crippen molar-refractivity contribution < 1.29 is 14.4 Å². The lowest BCUT2D eigenvalue weighted by atomic mass is 9.97. The van der Waals surface area contributed by atoms with Crippen LogP contribution in [0.1, 0.15) is 41.0 Å². The highest BCUT2D eigenvalue weighted by Gasteiger charge is 2.51. The fraction of sp³-hybridized carbons (Fsp3) is 0.310. The van der Waals surface area contributed by atoms with Crippen LogP contribution in [0.2, 0.25) is 0 Å². The summed E-state index contributed by atoms with van der Waals surface area (Å²) >= 11 is 3.36. The Morgan fingerprint density at radius 2 is 1.85 bits per heavy atom. The van der Waals surface area contributed by atoms with E-state index >= 15 is 0 Å². The number of piperidine rings is 1. The molecular weight excluding hydrogens is 574 g/mol. The summed E-state index contributed by atoms with van der Waals surface area (Å²) in [6.07, 6.45) is 7.66. The number of carbonyl (C=O) groups excluding carboxylic acids is 3. The van der Waals surface area contributed by atoms with Crippen LogP contribution in [0.15, 0.2) is 53.5 Å². The van der Waals surface area contributed by atoms with Crippen molar-refractivity contribution in [3.8, 4) is 11.1 Å². The zero-order valence-corrected chi connectivity index (χ0v) is 23.7. The fourth-order valence-electron chi connectivity index (χ4n) is 6.08. The van der Waals surface area contributed by atoms with E-state index in [0.717, 1.165) is 36.0 Å². The third-order valence-corrected chi connectivity index (χ3v) is 8.45. The first-order valence-electron chi connectivity index (χ1n) is 13.2. The summed E-state index contributed by atoms with van der Waals surface area (Å²) < 4.78 is 2.37. The maximum atomic E-state index is 13.8. The molecular formula is C29H28BrN7O3. The second-order valence-electron chi connectivity index (χ2n) is 10.5. The average Bonchev–Trinajstić information content (AvgIpc) is 3.64. The monoisotopic (exact) mass is 601 g/mol. The highest BCUT2D eigenvalue weighted by Crippen LogP contribution is 2.43. The maximum Gasteiger partial charge on any atom is 0.250 e. The van der Waals surface area contributed by atoms with Gasteiger partial charge in [-0.15, -0.1) is 0 Å². The van der Waals surface area contributed by atoms with Crippen molar-refractivity contribution in [1.29, 1.82) is 0 Å². The Balaban J connectivity index is 1.29. The topological polar surface area (TPSA) is 136 Å². The molecule has 6 rings (SSSR count). The van der Waals surface area contributed by atoms with E-state index in [1.165, 1.54) is 0 Å². The first-order chi connectivity index (χ1) is 19.2. The van der Waals surface area contributed by atoms with E-state index in [4.69, 9.17) is 5.73 Å². The molecule has 2 unspecified atom stereocenters. The molecule has 204 valence electrons. The third-order valence-electron chi connectivity index (χ3n) is 8.01. The number of fused-ring (bicyclic) bond motifs is 3. The molecule has 2 bridgehead atoms. The second-order valence-corrected chi connectivity index (χ2v) is 11.4. The molecule has 1 aliphatic heterocycles. The molecule has 0 radical (unpaired) electrons. The fourth-order valence-corrected chi connectivity index (χ4v) is 6.39. The van der Waals surface area contributed by atoms with Gasteiger partial charge >= 0.3 is 0 Å². The van der Waals surface area contributed by atoms with Crippen molar-refractivity contribution in [2.75, 3.05) is 5.32 Å². The molecule has 40 heavy (non-hydrogen) atoms. The molecule has 3 atom stereocenters. The first kappa shape index (κ1) is 26.1. The third kappa shape index (κ3) is 4.64. The average molecular weight is 602 g/mol. The van der Waals surface area contributed by atoms with Crippen LogP contribution in [0.4, 0.5) is 5.82 Å². The lowest BCUT2D eigenvalue weighted by Gasteiger charge is -2.34. The number of carbonyl (C=O) groups is 3. The van der Waals surface area contributed by atoms with E-state index in [1.807, 2.05) is 44.2 Å². The molecule has 2 fully saturated rings. The summed E-state index contributed by atoms with van der Waals surface area (Å²) in [5, 5.41) is 3.59. The molecule has 0 spiro atoms. The van der Waals surface area contributed by atoms with Gasteiger partial charge in [0.15, 0.2) is 0 Å². The summed E-state index contributed by atoms with van der Waals surface area (Å²) in [7, 11) is 0. The van der Waals surface area contributed by atoms with Gasteiger partial charge in [-0.25, -0.2) is 15.0 Å². The summed E-state index contributed by atoms with van der Waals surface area (Å²) in [6.45, 7) is 3.68. The van der Waals surface area contributed by atoms with Gasteiger partial charge < -0.3 is 20.5 Å². The number of hydrogen-bond acceptors (Lipinski definition) is 6. The number of pyridine rings is 1. The smallest absolute Gasteiger partial charge is 0.250 e. The molecule has 1 saturated carbocycles. The summed E-state index contributed by atoms with van der Waals surface area (Å²) in [5.41, 5.74) is 9.25. The Morgan fingerprint density at radius 1 is 1.07 bits per heavy atom. The Hall–Kier alpha value is -4.12. The number of amides is 3. The number of halogens is 1. The minimum atomic E-state index is -0.581. The summed E-state index contributed by atoms with van der Waals surface area (Å²) in [4.78, 5) is 54.3. The van der Waals surface area contributed by atoms with Gasteiger partial charge in [0.05, 0.1) is 5.56 Å². The second kappa shape index (κ2) is 10.1. The molecule has 1 aromatic carbocycles. The highest BCUT2D eigenvalue weighted by atomic mass is 79.9. The number of nitrogens with one attached hydrogen (secondary N) is 1. The number of benzene rings is 1. The number of anilines is 1. The van der Waals surface area contributed by atoms with Crippen LogP contribution in [0.3, 0.4) is 0 Å². The van der Waals surface area contributed by atoms with Gasteiger partial charge in [-0.1, -0.05) is 12.1 Å². The highest BCUT2D eigenvalue weighted by molar-refractivity contribution is 9.10. The molecule has 4 heterocycles. The van der Waals surface area contributed by atoms with Crippen molar-refractivity contribution in [3.63, 3.8) is 0 Å². The summed E-state index contributed by atoms with van der Waals surface area (Å²) in [6, 6.07) is 8.77. The number of nitrogens with zero attached hydrogens (tertiary/aromatic N) is 5. The van der Waals surface area contributed by atoms with Crippen LogP contribution >= 0.6 is 15.9 Å². The van der Waals surface area contributed by atoms with Crippen LogP contribution in [-0.2, 0) is 16.1 Å². The van der Waals surface area contributed by atoms with Crippen molar-refractivity contribution in [1.82, 2.24) is 24.4 Å². The quantitative estimate of drug-likeness (QED) is 0.321. The molecule has 3 amide bonds. The minimum Gasteiger partial charge on any atom is -0.366 e. The molecule has 4 aromatic rings. The lowest BCUT2D eigenvalue weighted by molar-refractivity contribution is -0.141. The predicted molar refractivity (Wildman–Crippen MR) is 153 cm³/mol. The van der Waals surface area contributed by atoms with Gasteiger partial charge in [-0.05, 0) is 84.3 Å². The van der Waals surface area contributed by atoms with Crippen LogP contribution < -0.4 is 11.1 Å². The zero-order valence-electron chi connectivity index (χ0n) is 22.1. The molecule has 2 aliphatic rings. The zero-order chi connectivity index (χ0) is 28.1. The number of aromatic nitrogens is 4. The SMILES string of the molecule is Cc1ncc(-c2ccc3c(c2)c(C(N)=O)cn3CC(=O)N2C3CCC(C3)[C@H]2C(=O)Nc2nc(Br)ccc2C)cn1. The first-order valence-corrected chi connectivity index (χ1v) is 14.0. The van der Waals surface area contributed by atoms with E-state index in [-0.39, 0.29) is 30.3 Å². The Labute approximate surface area is 239 Å². The number of likely N-dealkylation sites (tertiary alicyclic amines) is 1. The van der Waals surface area contributed by atoms with Crippen LogP contribution in [0.5, 0.6) is 0 Å². The number of hydrogen-bond donors (Lipinski definition) is 2. The minimum absolute atomic E-state index is 0.00962. The van der Waals surface area contributed by atoms with Gasteiger partial charge in [0.25, 0.3) is 5.91 Å². The van der Waals surface area contributed by atoms with E-state index in [9.17, 15) is 14.4 Å². The van der Waals surface area contributed by atoms with E-state index in [2.05, 4.69) is 36.2 Å². The van der Waals surface area contributed by atoms with Gasteiger partial charge in [0, 0.05) is 41.1 Å². The van der Waals surface area contributed by atoms with Crippen LogP contribution in [-0.4, -0.2) is 54.2 Å². The lowest BCUT2D eigenvalue weighted by Crippen LogP contribution is -2.52. The number of nitrogens with two attached hydrogens (primary N) is 1. The van der Waals surface area contributed by atoms with Crippen molar-refractivity contribution in [3.05, 3.63) is 70.5 Å². The van der Waals surface area contributed by atoms with Gasteiger partial charge in [-0.3, -0.25) is 14.4 Å². The molecule has 3 aromatic heterocycles. The maximum absolute atomic E-state index is 13.8. The largest absolute Gasteiger partial charge is 0.366 e. The normalized spacial score (nSPS) is 19.8. The van der Waals surface area contributed by atoms with Gasteiger partial charge in [0.2, 0.25) is 11.8 Å². The van der Waals surface area contributed by atoms with Crippen molar-refractivity contribution in [2.45, 2.75) is 51.7 Å². The van der Waals surface area contributed by atoms with E-state index in [0.29, 0.717) is 32.7 Å². The Bertz CT molecular complexity index is 1670. The molecule has 11 heteroatoms. The number of primary amides is 1. The number of rotatable bonds is 6. The van der Waals surface area contributed by atoms with E-state index < -0.39 is 11.9 Å². The molecule has 3 N–H and O–H groups in total. The van der Waals surface area contributed by atoms with Gasteiger partial charge in [-0.2, -0.15) is 0 Å². The van der Waals surface area contributed by atoms with Crippen LogP contribution in [0, 0.1) is 19.8 Å². The summed E-state index contributed by atoms with van der Waals surface area (Å²) in [5.74, 6) is 0.264. The Kier molecular flexibility index (Phi) is 6.61. The predicted octanol–water partition coefficient (Wildman–Crippen LogP) is 3.99. The Morgan fingerprint density at radius 3 is 2.60 bits per heavy atom. The number of aryl methyl sites for hydroxylation is 2. The molecule has 1 saturated heterocycles. The molecule has 10 nitrogen and oxygen atoms in total. The standard InChI is InChI=1S/C29H28BrN7O3/c1-15-3-8-24(30)34-28(15)35-29(40)26-18-4-6-20(9-18)37(26)25(38)14-36-13-22(27(31)39)21-10-17(5-7-23(21)36)19-11-32-16(2)33-12-19/h3,5,7-8,10-13,18,20,26H,4,6,9,14H2,1-2H3,(H2,31,39)(H,34,35,40)/t18?,20?,26-/m0/s1. The van der Waals surface area contributed by atoms with Crippen LogP contribution in [0.25, 0.3) is 22.0 Å².